The number of fused-ring (bicyclic) bond motifs is 1. The van der Waals surface area contributed by atoms with Gasteiger partial charge in [0.1, 0.15) is 0 Å². The molecule has 0 bridgehead atoms. The minimum absolute atomic E-state index is 0.378. The molecule has 3 rings (SSSR count). The molecule has 0 saturated heterocycles. The number of nitrogens with zero attached hydrogens (tertiary/aromatic N) is 4. The molecule has 114 valence electrons. The van der Waals surface area contributed by atoms with Crippen LogP contribution in [0.25, 0.3) is 5.65 Å². The van der Waals surface area contributed by atoms with Gasteiger partial charge >= 0.3 is 0 Å². The predicted molar refractivity (Wildman–Crippen MR) is 85.1 cm³/mol. The van der Waals surface area contributed by atoms with Crippen LogP contribution in [0.3, 0.4) is 0 Å². The van der Waals surface area contributed by atoms with Crippen LogP contribution in [0.5, 0.6) is 0 Å². The maximum Gasteiger partial charge on any atom is 0.247 e. The van der Waals surface area contributed by atoms with Crippen molar-refractivity contribution < 1.29 is 4.74 Å². The van der Waals surface area contributed by atoms with Gasteiger partial charge < -0.3 is 15.8 Å². The Kier molecular flexibility index (Phi) is 4.15. The molecule has 0 aliphatic rings. The summed E-state index contributed by atoms with van der Waals surface area (Å²) < 4.78 is 6.71. The van der Waals surface area contributed by atoms with Gasteiger partial charge in [-0.25, -0.2) is 9.50 Å². The zero-order chi connectivity index (χ0) is 15.4. The van der Waals surface area contributed by atoms with E-state index < -0.39 is 0 Å². The molecule has 3 N–H and O–H groups in total. The molecular formula is C15H18N6O. The van der Waals surface area contributed by atoms with Gasteiger partial charge in [0.05, 0.1) is 11.9 Å². The van der Waals surface area contributed by atoms with E-state index >= 15 is 0 Å². The Morgan fingerprint density at radius 2 is 2.05 bits per heavy atom. The fourth-order valence-electron chi connectivity index (χ4n) is 2.18. The molecule has 7 heteroatoms. The average molecular weight is 298 g/mol. The Morgan fingerprint density at radius 3 is 2.82 bits per heavy atom. The van der Waals surface area contributed by atoms with Gasteiger partial charge in [0.25, 0.3) is 0 Å². The largest absolute Gasteiger partial charge is 0.385 e. The van der Waals surface area contributed by atoms with Gasteiger partial charge in [-0.2, -0.15) is 4.98 Å². The van der Waals surface area contributed by atoms with E-state index in [4.69, 9.17) is 10.5 Å². The second-order valence-corrected chi connectivity index (χ2v) is 4.91. The van der Waals surface area contributed by atoms with Crippen LogP contribution in [0.15, 0.2) is 36.5 Å². The van der Waals surface area contributed by atoms with Gasteiger partial charge in [-0.3, -0.25) is 0 Å². The first-order valence-corrected chi connectivity index (χ1v) is 7.09. The van der Waals surface area contributed by atoms with Gasteiger partial charge in [0, 0.05) is 19.4 Å². The van der Waals surface area contributed by atoms with Crippen LogP contribution in [0, 0.1) is 0 Å². The molecule has 2 heterocycles. The molecular weight excluding hydrogens is 280 g/mol. The number of anilines is 3. The lowest BCUT2D eigenvalue weighted by Crippen LogP contribution is -2.03. The molecule has 0 amide bonds. The van der Waals surface area contributed by atoms with Crippen LogP contribution in [0.2, 0.25) is 0 Å². The number of ether oxygens (including phenoxy) is 1. The lowest BCUT2D eigenvalue weighted by Gasteiger charge is -2.02. The number of nitrogens with one attached hydrogen (secondary N) is 1. The summed E-state index contributed by atoms with van der Waals surface area (Å²) >= 11 is 0. The average Bonchev–Trinajstić information content (AvgIpc) is 2.92. The first-order valence-electron chi connectivity index (χ1n) is 7.09. The molecule has 7 nitrogen and oxygen atoms in total. The molecule has 1 aromatic carbocycles. The number of aryl methyl sites for hydroxylation is 1. The Hall–Kier alpha value is -2.67. The highest BCUT2D eigenvalue weighted by Gasteiger charge is 2.09. The lowest BCUT2D eigenvalue weighted by molar-refractivity contribution is 0.195. The van der Waals surface area contributed by atoms with Crippen LogP contribution < -0.4 is 11.1 Å². The van der Waals surface area contributed by atoms with Crippen molar-refractivity contribution in [3.05, 3.63) is 42.2 Å². The molecule has 0 unspecified atom stereocenters. The maximum absolute atomic E-state index is 5.97. The van der Waals surface area contributed by atoms with Gasteiger partial charge in [0.15, 0.2) is 11.5 Å². The quantitative estimate of drug-likeness (QED) is 0.677. The van der Waals surface area contributed by atoms with Crippen molar-refractivity contribution in [2.45, 2.75) is 12.8 Å². The number of hydrogen-bond acceptors (Lipinski definition) is 6. The van der Waals surface area contributed by atoms with Gasteiger partial charge in [-0.05, 0) is 25.0 Å². The minimum atomic E-state index is 0.378. The van der Waals surface area contributed by atoms with Crippen LogP contribution in [-0.4, -0.2) is 33.3 Å². The monoisotopic (exact) mass is 298 g/mol. The number of aromatic nitrogens is 4. The molecule has 0 saturated carbocycles. The molecule has 0 fully saturated rings. The fourth-order valence-corrected chi connectivity index (χ4v) is 2.18. The Morgan fingerprint density at radius 1 is 1.23 bits per heavy atom. The zero-order valence-corrected chi connectivity index (χ0v) is 12.4. The SMILES string of the molecule is COCCCc1cn2nc(Nc3ccccc3)nc2c(N)n1. The predicted octanol–water partition coefficient (Wildman–Crippen LogP) is 2.03. The highest BCUT2D eigenvalue weighted by Crippen LogP contribution is 2.16. The molecule has 0 aliphatic carbocycles. The Balaban J connectivity index is 1.84. The van der Waals surface area contributed by atoms with E-state index in [1.165, 1.54) is 0 Å². The van der Waals surface area contributed by atoms with Crippen molar-refractivity contribution >= 4 is 23.1 Å². The van der Waals surface area contributed by atoms with Crippen LogP contribution in [-0.2, 0) is 11.2 Å². The summed E-state index contributed by atoms with van der Waals surface area (Å²) in [5.74, 6) is 0.872. The summed E-state index contributed by atoms with van der Waals surface area (Å²) in [4.78, 5) is 8.74. The van der Waals surface area contributed by atoms with E-state index in [1.807, 2.05) is 36.5 Å². The number of methoxy groups -OCH3 is 1. The van der Waals surface area contributed by atoms with E-state index in [-0.39, 0.29) is 0 Å². The fraction of sp³-hybridized carbons (Fsp3) is 0.267. The number of para-hydroxylation sites is 1. The highest BCUT2D eigenvalue weighted by molar-refractivity contribution is 5.63. The van der Waals surface area contributed by atoms with E-state index in [0.717, 1.165) is 24.2 Å². The van der Waals surface area contributed by atoms with Crippen LogP contribution in [0.1, 0.15) is 12.1 Å². The molecule has 0 spiro atoms. The highest BCUT2D eigenvalue weighted by atomic mass is 16.5. The van der Waals surface area contributed by atoms with Crippen molar-refractivity contribution in [3.63, 3.8) is 0 Å². The molecule has 3 aromatic rings. The maximum atomic E-state index is 5.97. The number of nitrogen functional groups attached to an aromatic ring is 1. The van der Waals surface area contributed by atoms with Crippen molar-refractivity contribution in [1.29, 1.82) is 0 Å². The normalized spacial score (nSPS) is 11.0. The third-order valence-electron chi connectivity index (χ3n) is 3.21. The molecule has 2 aromatic heterocycles. The van der Waals surface area contributed by atoms with Crippen molar-refractivity contribution in [1.82, 2.24) is 19.6 Å². The number of nitrogens with two attached hydrogens (primary N) is 1. The van der Waals surface area contributed by atoms with Crippen molar-refractivity contribution in [2.24, 2.45) is 0 Å². The summed E-state index contributed by atoms with van der Waals surface area (Å²) in [7, 11) is 1.68. The summed E-state index contributed by atoms with van der Waals surface area (Å²) in [5.41, 5.74) is 8.32. The van der Waals surface area contributed by atoms with E-state index in [9.17, 15) is 0 Å². The summed E-state index contributed by atoms with van der Waals surface area (Å²) in [5, 5.41) is 7.55. The van der Waals surface area contributed by atoms with Crippen molar-refractivity contribution in [3.8, 4) is 0 Å². The first kappa shape index (κ1) is 14.3. The van der Waals surface area contributed by atoms with E-state index in [2.05, 4.69) is 20.4 Å². The van der Waals surface area contributed by atoms with Gasteiger partial charge in [-0.15, -0.1) is 5.10 Å². The minimum Gasteiger partial charge on any atom is -0.385 e. The van der Waals surface area contributed by atoms with E-state index in [1.54, 1.807) is 11.6 Å². The Labute approximate surface area is 128 Å². The molecule has 22 heavy (non-hydrogen) atoms. The van der Waals surface area contributed by atoms with Gasteiger partial charge in [-0.1, -0.05) is 18.2 Å². The molecule has 0 atom stereocenters. The lowest BCUT2D eigenvalue weighted by atomic mass is 10.2. The summed E-state index contributed by atoms with van der Waals surface area (Å²) in [6.45, 7) is 0.692. The molecule has 0 radical (unpaired) electrons. The van der Waals surface area contributed by atoms with Gasteiger partial charge in [0.2, 0.25) is 5.95 Å². The Bertz CT molecular complexity index is 755. The topological polar surface area (TPSA) is 90.4 Å². The smallest absolute Gasteiger partial charge is 0.247 e. The zero-order valence-electron chi connectivity index (χ0n) is 12.4. The number of rotatable bonds is 6. The summed E-state index contributed by atoms with van der Waals surface area (Å²) in [6.07, 6.45) is 3.53. The molecule has 0 aliphatic heterocycles. The number of hydrogen-bond donors (Lipinski definition) is 2. The van der Waals surface area contributed by atoms with E-state index in [0.29, 0.717) is 24.0 Å². The first-order chi connectivity index (χ1) is 10.8. The number of benzene rings is 1. The standard InChI is InChI=1S/C15H18N6O/c1-22-9-5-8-12-10-21-14(13(16)17-12)19-15(20-21)18-11-6-3-2-4-7-11/h2-4,6-7,10H,5,8-9H2,1H3,(H2,16,17)(H,18,20). The second kappa shape index (κ2) is 6.40. The second-order valence-electron chi connectivity index (χ2n) is 4.91. The summed E-state index contributed by atoms with van der Waals surface area (Å²) in [6, 6.07) is 9.74. The third-order valence-corrected chi connectivity index (χ3v) is 3.21. The van der Waals surface area contributed by atoms with Crippen LogP contribution in [0.4, 0.5) is 17.5 Å². The third kappa shape index (κ3) is 3.15. The van der Waals surface area contributed by atoms with Crippen LogP contribution >= 0.6 is 0 Å². The van der Waals surface area contributed by atoms with Crippen molar-refractivity contribution in [2.75, 3.05) is 24.8 Å².